The molecule has 2 nitrogen and oxygen atoms in total. The van der Waals surface area contributed by atoms with Gasteiger partial charge in [0, 0.05) is 19.2 Å². The first-order valence-electron chi connectivity index (χ1n) is 5.05. The van der Waals surface area contributed by atoms with Crippen LogP contribution >= 0.6 is 0 Å². The van der Waals surface area contributed by atoms with Crippen LogP contribution in [0.25, 0.3) is 0 Å². The third kappa shape index (κ3) is 1.80. The van der Waals surface area contributed by atoms with Gasteiger partial charge in [0.2, 0.25) is 0 Å². The molecule has 1 saturated heterocycles. The van der Waals surface area contributed by atoms with Gasteiger partial charge in [-0.2, -0.15) is 0 Å². The van der Waals surface area contributed by atoms with Gasteiger partial charge in [-0.1, -0.05) is 6.92 Å². The topological polar surface area (TPSA) is 21.3 Å². The molecule has 1 aliphatic heterocycles. The number of ether oxygens (including phenoxy) is 1. The van der Waals surface area contributed by atoms with E-state index in [1.54, 1.807) is 0 Å². The number of hydrogen-bond donors (Lipinski definition) is 1. The second kappa shape index (κ2) is 3.00. The van der Waals surface area contributed by atoms with Crippen LogP contribution in [0.3, 0.4) is 0 Å². The SMILES string of the molecule is CC1OCCC1NCC1(C)CC1. The van der Waals surface area contributed by atoms with Crippen molar-refractivity contribution in [3.63, 3.8) is 0 Å². The van der Waals surface area contributed by atoms with Gasteiger partial charge in [0.1, 0.15) is 0 Å². The summed E-state index contributed by atoms with van der Waals surface area (Å²) in [5.74, 6) is 0. The molecule has 0 aromatic rings. The molecule has 70 valence electrons. The van der Waals surface area contributed by atoms with Gasteiger partial charge in [0.05, 0.1) is 6.10 Å². The van der Waals surface area contributed by atoms with Gasteiger partial charge in [0.15, 0.2) is 0 Å². The predicted molar refractivity (Wildman–Crippen MR) is 49.2 cm³/mol. The van der Waals surface area contributed by atoms with Crippen molar-refractivity contribution in [2.45, 2.75) is 45.3 Å². The maximum absolute atomic E-state index is 5.49. The van der Waals surface area contributed by atoms with Crippen molar-refractivity contribution < 1.29 is 4.74 Å². The molecule has 1 N–H and O–H groups in total. The fourth-order valence-electron chi connectivity index (χ4n) is 1.77. The van der Waals surface area contributed by atoms with Crippen molar-refractivity contribution in [3.05, 3.63) is 0 Å². The molecular formula is C10H19NO. The minimum Gasteiger partial charge on any atom is -0.377 e. The van der Waals surface area contributed by atoms with Gasteiger partial charge >= 0.3 is 0 Å². The van der Waals surface area contributed by atoms with E-state index in [0.717, 1.165) is 6.61 Å². The molecule has 2 rings (SSSR count). The average molecular weight is 169 g/mol. The molecule has 0 aromatic heterocycles. The zero-order valence-corrected chi connectivity index (χ0v) is 8.10. The summed E-state index contributed by atoms with van der Waals surface area (Å²) in [5.41, 5.74) is 0.627. The second-order valence-corrected chi connectivity index (χ2v) is 4.66. The summed E-state index contributed by atoms with van der Waals surface area (Å²) < 4.78 is 5.49. The molecule has 0 amide bonds. The molecule has 0 radical (unpaired) electrons. The Balaban J connectivity index is 1.72. The largest absolute Gasteiger partial charge is 0.377 e. The first kappa shape index (κ1) is 8.52. The van der Waals surface area contributed by atoms with Crippen molar-refractivity contribution in [2.75, 3.05) is 13.2 Å². The van der Waals surface area contributed by atoms with Crippen molar-refractivity contribution in [1.29, 1.82) is 0 Å². The number of rotatable bonds is 3. The van der Waals surface area contributed by atoms with Crippen LogP contribution < -0.4 is 5.32 Å². The lowest BCUT2D eigenvalue weighted by Gasteiger charge is -2.18. The lowest BCUT2D eigenvalue weighted by molar-refractivity contribution is 0.112. The van der Waals surface area contributed by atoms with E-state index in [1.807, 2.05) is 0 Å². The van der Waals surface area contributed by atoms with Crippen LogP contribution in [-0.2, 0) is 4.74 Å². The molecule has 2 atom stereocenters. The highest BCUT2D eigenvalue weighted by Crippen LogP contribution is 2.44. The van der Waals surface area contributed by atoms with E-state index < -0.39 is 0 Å². The van der Waals surface area contributed by atoms with Gasteiger partial charge < -0.3 is 10.1 Å². The summed E-state index contributed by atoms with van der Waals surface area (Å²) >= 11 is 0. The Kier molecular flexibility index (Phi) is 2.13. The highest BCUT2D eigenvalue weighted by atomic mass is 16.5. The summed E-state index contributed by atoms with van der Waals surface area (Å²) in [5, 5.41) is 3.61. The van der Waals surface area contributed by atoms with Crippen LogP contribution in [0.2, 0.25) is 0 Å². The normalized spacial score (nSPS) is 38.5. The van der Waals surface area contributed by atoms with E-state index in [4.69, 9.17) is 4.74 Å². The molecule has 1 heterocycles. The fourth-order valence-corrected chi connectivity index (χ4v) is 1.77. The Hall–Kier alpha value is -0.0800. The highest BCUT2D eigenvalue weighted by molar-refractivity contribution is 4.92. The van der Waals surface area contributed by atoms with E-state index in [9.17, 15) is 0 Å². The Morgan fingerprint density at radius 2 is 2.25 bits per heavy atom. The highest BCUT2D eigenvalue weighted by Gasteiger charge is 2.38. The Morgan fingerprint density at radius 3 is 2.75 bits per heavy atom. The maximum atomic E-state index is 5.49. The molecule has 1 aliphatic carbocycles. The molecule has 0 spiro atoms. The standard InChI is InChI=1S/C10H19NO/c1-8-9(3-6-12-8)11-7-10(2)4-5-10/h8-9,11H,3-7H2,1-2H3. The third-order valence-electron chi connectivity index (χ3n) is 3.27. The van der Waals surface area contributed by atoms with E-state index in [2.05, 4.69) is 19.2 Å². The summed E-state index contributed by atoms with van der Waals surface area (Å²) in [6.07, 6.45) is 4.42. The van der Waals surface area contributed by atoms with E-state index in [1.165, 1.54) is 25.8 Å². The van der Waals surface area contributed by atoms with Crippen LogP contribution in [0, 0.1) is 5.41 Å². The van der Waals surface area contributed by atoms with Crippen molar-refractivity contribution >= 4 is 0 Å². The van der Waals surface area contributed by atoms with Crippen LogP contribution in [0.15, 0.2) is 0 Å². The van der Waals surface area contributed by atoms with Gasteiger partial charge in [0.25, 0.3) is 0 Å². The van der Waals surface area contributed by atoms with Crippen LogP contribution in [0.4, 0.5) is 0 Å². The van der Waals surface area contributed by atoms with Gasteiger partial charge in [-0.05, 0) is 31.6 Å². The Bertz CT molecular complexity index is 165. The molecule has 2 fully saturated rings. The molecule has 2 aliphatic rings. The van der Waals surface area contributed by atoms with Gasteiger partial charge in [-0.25, -0.2) is 0 Å². The summed E-state index contributed by atoms with van der Waals surface area (Å²) in [6.45, 7) is 6.65. The van der Waals surface area contributed by atoms with Crippen LogP contribution in [-0.4, -0.2) is 25.3 Å². The molecular weight excluding hydrogens is 150 g/mol. The van der Waals surface area contributed by atoms with Crippen LogP contribution in [0.1, 0.15) is 33.1 Å². The Labute approximate surface area is 74.7 Å². The monoisotopic (exact) mass is 169 g/mol. The molecule has 2 heteroatoms. The van der Waals surface area contributed by atoms with E-state index in [0.29, 0.717) is 17.6 Å². The summed E-state index contributed by atoms with van der Waals surface area (Å²) in [6, 6.07) is 0.613. The zero-order valence-electron chi connectivity index (χ0n) is 8.10. The fraction of sp³-hybridized carbons (Fsp3) is 1.00. The third-order valence-corrected chi connectivity index (χ3v) is 3.27. The lowest BCUT2D eigenvalue weighted by Crippen LogP contribution is -2.37. The summed E-state index contributed by atoms with van der Waals surface area (Å²) in [7, 11) is 0. The maximum Gasteiger partial charge on any atom is 0.0700 e. The van der Waals surface area contributed by atoms with Gasteiger partial charge in [-0.3, -0.25) is 0 Å². The number of nitrogens with one attached hydrogen (secondary N) is 1. The zero-order chi connectivity index (χ0) is 8.60. The second-order valence-electron chi connectivity index (χ2n) is 4.66. The Morgan fingerprint density at radius 1 is 1.50 bits per heavy atom. The first-order chi connectivity index (χ1) is 5.70. The predicted octanol–water partition coefficient (Wildman–Crippen LogP) is 1.55. The molecule has 1 saturated carbocycles. The minimum atomic E-state index is 0.423. The lowest BCUT2D eigenvalue weighted by atomic mass is 10.1. The van der Waals surface area contributed by atoms with E-state index in [-0.39, 0.29) is 0 Å². The van der Waals surface area contributed by atoms with E-state index >= 15 is 0 Å². The quantitative estimate of drug-likeness (QED) is 0.692. The van der Waals surface area contributed by atoms with Gasteiger partial charge in [-0.15, -0.1) is 0 Å². The minimum absolute atomic E-state index is 0.423. The number of hydrogen-bond acceptors (Lipinski definition) is 2. The smallest absolute Gasteiger partial charge is 0.0700 e. The average Bonchev–Trinajstić information content (AvgIpc) is 2.61. The molecule has 0 bridgehead atoms. The summed E-state index contributed by atoms with van der Waals surface area (Å²) in [4.78, 5) is 0. The molecule has 0 aromatic carbocycles. The first-order valence-corrected chi connectivity index (χ1v) is 5.05. The molecule has 12 heavy (non-hydrogen) atoms. The van der Waals surface area contributed by atoms with Crippen molar-refractivity contribution in [3.8, 4) is 0 Å². The van der Waals surface area contributed by atoms with Crippen LogP contribution in [0.5, 0.6) is 0 Å². The van der Waals surface area contributed by atoms with Crippen molar-refractivity contribution in [1.82, 2.24) is 5.32 Å². The molecule has 2 unspecified atom stereocenters. The van der Waals surface area contributed by atoms with Crippen molar-refractivity contribution in [2.24, 2.45) is 5.41 Å².